The highest BCUT2D eigenvalue weighted by atomic mass is 19.1. The van der Waals surface area contributed by atoms with Gasteiger partial charge in [0.05, 0.1) is 5.56 Å². The highest BCUT2D eigenvalue weighted by molar-refractivity contribution is 5.97. The molecule has 1 aliphatic rings. The van der Waals surface area contributed by atoms with Gasteiger partial charge < -0.3 is 4.74 Å². The third-order valence-electron chi connectivity index (χ3n) is 5.72. The molecular weight excluding hydrogens is 426 g/mol. The smallest absolute Gasteiger partial charge is 0.249 e. The molecule has 1 heterocycles. The van der Waals surface area contributed by atoms with Gasteiger partial charge >= 0.3 is 0 Å². The molecule has 0 saturated heterocycles. The molecule has 0 N–H and O–H groups in total. The summed E-state index contributed by atoms with van der Waals surface area (Å²) in [5.74, 6) is -2.06. The van der Waals surface area contributed by atoms with E-state index in [1.165, 1.54) is 5.01 Å². The molecule has 2 aromatic rings. The van der Waals surface area contributed by atoms with Crippen LogP contribution in [0, 0.1) is 23.5 Å². The van der Waals surface area contributed by atoms with Crippen molar-refractivity contribution in [2.75, 3.05) is 0 Å². The van der Waals surface area contributed by atoms with Crippen molar-refractivity contribution in [2.24, 2.45) is 16.9 Å². The number of hydrogen-bond donors (Lipinski definition) is 0. The van der Waals surface area contributed by atoms with Gasteiger partial charge in [-0.25, -0.2) is 8.78 Å². The lowest BCUT2D eigenvalue weighted by Crippen LogP contribution is -2.46. The van der Waals surface area contributed by atoms with E-state index in [1.807, 2.05) is 44.2 Å². The number of hydrazone groups is 1. The second-order valence-electron chi connectivity index (χ2n) is 8.91. The van der Waals surface area contributed by atoms with Crippen LogP contribution in [0.5, 0.6) is 0 Å². The van der Waals surface area contributed by atoms with Crippen molar-refractivity contribution in [3.63, 3.8) is 0 Å². The minimum atomic E-state index is -1.32. The zero-order chi connectivity index (χ0) is 24.2. The lowest BCUT2D eigenvalue weighted by atomic mass is 9.93. The summed E-state index contributed by atoms with van der Waals surface area (Å²) >= 11 is 0. The molecule has 7 heteroatoms. The van der Waals surface area contributed by atoms with Crippen LogP contribution in [0.1, 0.15) is 64.5 Å². The predicted octanol–water partition coefficient (Wildman–Crippen LogP) is 5.78. The Kier molecular flexibility index (Phi) is 7.61. The van der Waals surface area contributed by atoms with Crippen molar-refractivity contribution in [1.82, 2.24) is 5.01 Å². The maximum Gasteiger partial charge on any atom is 0.249 e. The predicted molar refractivity (Wildman–Crippen MR) is 122 cm³/mol. The number of benzene rings is 2. The number of ether oxygens (including phenoxy) is 1. The summed E-state index contributed by atoms with van der Waals surface area (Å²) in [4.78, 5) is 25.3. The first kappa shape index (κ1) is 24.6. The molecule has 0 spiro atoms. The summed E-state index contributed by atoms with van der Waals surface area (Å²) in [7, 11) is 0. The van der Waals surface area contributed by atoms with Gasteiger partial charge in [0.15, 0.2) is 0 Å². The van der Waals surface area contributed by atoms with Crippen LogP contribution in [-0.2, 0) is 20.1 Å². The fraction of sp³-hybridized carbons (Fsp3) is 0.423. The Hall–Kier alpha value is -3.09. The second kappa shape index (κ2) is 10.2. The quantitative estimate of drug-likeness (QED) is 0.450. The number of carbonyl (C=O) groups excluding carboxylic acids is 2. The van der Waals surface area contributed by atoms with E-state index in [4.69, 9.17) is 4.74 Å². The van der Waals surface area contributed by atoms with Crippen LogP contribution in [0.3, 0.4) is 0 Å². The lowest BCUT2D eigenvalue weighted by Gasteiger charge is -2.36. The standard InChI is InChI=1S/C26H30F2N2O3/c1-17(2)23(31)12-8-9-15-26(19-10-6-5-7-11-19)30(25(32)18(3)4)29-24(33-26)21-16-20(27)13-14-22(21)28/h5-7,10-11,13-14,16-18H,8-9,12,15H2,1-4H3. The monoisotopic (exact) mass is 456 g/mol. The van der Waals surface area contributed by atoms with Crippen LogP contribution < -0.4 is 0 Å². The summed E-state index contributed by atoms with van der Waals surface area (Å²) in [5, 5.41) is 5.62. The molecule has 0 saturated carbocycles. The van der Waals surface area contributed by atoms with Gasteiger partial charge in [0.1, 0.15) is 17.4 Å². The molecule has 0 fully saturated rings. The molecule has 0 aliphatic carbocycles. The number of hydrogen-bond acceptors (Lipinski definition) is 4. The minimum Gasteiger partial charge on any atom is -0.443 e. The Balaban J connectivity index is 2.01. The molecule has 5 nitrogen and oxygen atoms in total. The van der Waals surface area contributed by atoms with Gasteiger partial charge in [-0.3, -0.25) is 9.59 Å². The normalized spacial score (nSPS) is 17.9. The zero-order valence-electron chi connectivity index (χ0n) is 19.5. The molecule has 0 aromatic heterocycles. The first-order valence-electron chi connectivity index (χ1n) is 11.3. The molecule has 1 amide bonds. The van der Waals surface area contributed by atoms with E-state index in [2.05, 4.69) is 5.10 Å². The van der Waals surface area contributed by atoms with Gasteiger partial charge in [0, 0.05) is 30.2 Å². The Morgan fingerprint density at radius 2 is 1.70 bits per heavy atom. The maximum absolute atomic E-state index is 14.6. The van der Waals surface area contributed by atoms with E-state index < -0.39 is 23.3 Å². The highest BCUT2D eigenvalue weighted by Gasteiger charge is 2.50. The number of nitrogens with zero attached hydrogens (tertiary/aromatic N) is 2. The van der Waals surface area contributed by atoms with E-state index in [1.54, 1.807) is 13.8 Å². The molecule has 1 atom stereocenters. The molecule has 1 aliphatic heterocycles. The number of amides is 1. The number of unbranched alkanes of at least 4 members (excludes halogenated alkanes) is 1. The summed E-state index contributed by atoms with van der Waals surface area (Å²) in [6, 6.07) is 12.2. The first-order chi connectivity index (χ1) is 15.7. The van der Waals surface area contributed by atoms with Gasteiger partial charge in [-0.2, -0.15) is 5.01 Å². The van der Waals surface area contributed by atoms with E-state index in [9.17, 15) is 18.4 Å². The van der Waals surface area contributed by atoms with Crippen LogP contribution >= 0.6 is 0 Å². The summed E-state index contributed by atoms with van der Waals surface area (Å²) in [6.07, 6.45) is 1.95. The van der Waals surface area contributed by atoms with Crippen molar-refractivity contribution >= 4 is 17.6 Å². The topological polar surface area (TPSA) is 59.0 Å². The zero-order valence-corrected chi connectivity index (χ0v) is 19.5. The number of rotatable bonds is 9. The van der Waals surface area contributed by atoms with E-state index in [0.717, 1.165) is 18.2 Å². The van der Waals surface area contributed by atoms with E-state index in [0.29, 0.717) is 31.2 Å². The maximum atomic E-state index is 14.6. The number of halogens is 2. The lowest BCUT2D eigenvalue weighted by molar-refractivity contribution is -0.156. The van der Waals surface area contributed by atoms with Crippen LogP contribution in [0.2, 0.25) is 0 Å². The fourth-order valence-electron chi connectivity index (χ4n) is 3.77. The molecule has 33 heavy (non-hydrogen) atoms. The SMILES string of the molecule is CC(C)C(=O)CCCCC1(c2ccccc2)OC(c2cc(F)ccc2F)=NN1C(=O)C(C)C. The van der Waals surface area contributed by atoms with Crippen LogP contribution in [0.4, 0.5) is 8.78 Å². The van der Waals surface area contributed by atoms with Gasteiger partial charge in [0.2, 0.25) is 17.5 Å². The van der Waals surface area contributed by atoms with Gasteiger partial charge in [-0.1, -0.05) is 58.0 Å². The van der Waals surface area contributed by atoms with Gasteiger partial charge in [0.25, 0.3) is 0 Å². The van der Waals surface area contributed by atoms with E-state index in [-0.39, 0.29) is 29.1 Å². The minimum absolute atomic E-state index is 0.0410. The Bertz CT molecular complexity index is 1040. The molecule has 3 rings (SSSR count). The van der Waals surface area contributed by atoms with Crippen molar-refractivity contribution < 1.29 is 23.1 Å². The van der Waals surface area contributed by atoms with Crippen LogP contribution in [-0.4, -0.2) is 22.6 Å². The second-order valence-corrected chi connectivity index (χ2v) is 8.91. The fourth-order valence-corrected chi connectivity index (χ4v) is 3.77. The molecule has 176 valence electrons. The third kappa shape index (κ3) is 5.29. The van der Waals surface area contributed by atoms with Crippen molar-refractivity contribution in [3.8, 4) is 0 Å². The Morgan fingerprint density at radius 3 is 2.33 bits per heavy atom. The first-order valence-corrected chi connectivity index (χ1v) is 11.3. The number of carbonyl (C=O) groups is 2. The van der Waals surface area contributed by atoms with Crippen molar-refractivity contribution in [1.29, 1.82) is 0 Å². The highest BCUT2D eigenvalue weighted by Crippen LogP contribution is 2.42. The molecule has 2 aromatic carbocycles. The molecular formula is C26H30F2N2O3. The average Bonchev–Trinajstić information content (AvgIpc) is 3.18. The summed E-state index contributed by atoms with van der Waals surface area (Å²) < 4.78 is 34.7. The number of Topliss-reactive ketones (excluding diaryl/α,β-unsaturated/α-hetero) is 1. The van der Waals surface area contributed by atoms with Gasteiger partial charge in [-0.15, -0.1) is 5.10 Å². The van der Waals surface area contributed by atoms with Crippen molar-refractivity contribution in [3.05, 3.63) is 71.3 Å². The average molecular weight is 457 g/mol. The van der Waals surface area contributed by atoms with Crippen LogP contribution in [0.15, 0.2) is 53.6 Å². The van der Waals surface area contributed by atoms with Crippen molar-refractivity contribution in [2.45, 2.75) is 59.1 Å². The Labute approximate surface area is 193 Å². The Morgan fingerprint density at radius 1 is 1.00 bits per heavy atom. The third-order valence-corrected chi connectivity index (χ3v) is 5.72. The largest absolute Gasteiger partial charge is 0.443 e. The molecule has 0 bridgehead atoms. The summed E-state index contributed by atoms with van der Waals surface area (Å²) in [5.41, 5.74) is -0.800. The van der Waals surface area contributed by atoms with Crippen LogP contribution in [0.25, 0.3) is 0 Å². The van der Waals surface area contributed by atoms with E-state index >= 15 is 0 Å². The molecule has 0 radical (unpaired) electrons. The van der Waals surface area contributed by atoms with Gasteiger partial charge in [-0.05, 0) is 31.0 Å². The number of ketones is 1. The summed E-state index contributed by atoms with van der Waals surface area (Å²) in [6.45, 7) is 7.22. The molecule has 1 unspecified atom stereocenters.